The third kappa shape index (κ3) is 6.88. The molecule has 0 aliphatic carbocycles. The first-order valence-electron chi connectivity index (χ1n) is 22.1. The highest BCUT2D eigenvalue weighted by Gasteiger charge is 2.39. The van der Waals surface area contributed by atoms with Crippen molar-refractivity contribution in [1.82, 2.24) is 19.1 Å². The molecular formula is C60H36F3N5. The number of benzene rings is 8. The fraction of sp³-hybridized carbons (Fsp3) is 0.0167. The molecule has 0 amide bonds. The largest absolute Gasteiger partial charge is 0.420 e. The molecule has 0 aliphatic rings. The number of para-hydroxylation sites is 2. The number of pyridine rings is 2. The summed E-state index contributed by atoms with van der Waals surface area (Å²) in [6.07, 6.45) is -1.15. The smallest absolute Gasteiger partial charge is 0.309 e. The minimum atomic E-state index is -4.82. The molecule has 0 radical (unpaired) electrons. The summed E-state index contributed by atoms with van der Waals surface area (Å²) in [7, 11) is 0. The minimum Gasteiger partial charge on any atom is -0.309 e. The Bertz CT molecular complexity index is 3720. The highest BCUT2D eigenvalue weighted by molar-refractivity contribution is 6.12. The molecule has 0 fully saturated rings. The van der Waals surface area contributed by atoms with Crippen LogP contribution in [0.4, 0.5) is 18.9 Å². The Balaban J connectivity index is 1.09. The van der Waals surface area contributed by atoms with E-state index in [1.165, 1.54) is 0 Å². The second kappa shape index (κ2) is 16.1. The van der Waals surface area contributed by atoms with E-state index in [-0.39, 0.29) is 11.4 Å². The van der Waals surface area contributed by atoms with Gasteiger partial charge in [-0.3, -0.25) is 9.97 Å². The van der Waals surface area contributed by atoms with Crippen LogP contribution in [-0.2, 0) is 6.18 Å². The molecule has 12 aromatic rings. The standard InChI is InChI=1S/C60H36F3N5/c1-64-46-18-12-17-40(31-46)45-34-57(67-53-21-10-8-19-47(53)49-32-41(25-29-55(49)67)43-23-27-51(65-36-43)38-13-4-2-5-14-38)59(60(61,62)63)58(35-45)68-54-22-11-9-20-48(54)50-33-42(26-30-56(50)68)44-24-28-52(66-37-44)39-15-6-3-7-16-39/h2-37H. The van der Waals surface area contributed by atoms with Crippen molar-refractivity contribution < 1.29 is 13.2 Å². The van der Waals surface area contributed by atoms with Crippen LogP contribution in [0.5, 0.6) is 0 Å². The number of alkyl halides is 3. The molecule has 0 unspecified atom stereocenters. The fourth-order valence-electron chi connectivity index (χ4n) is 9.69. The van der Waals surface area contributed by atoms with E-state index in [0.29, 0.717) is 38.9 Å². The summed E-state index contributed by atoms with van der Waals surface area (Å²) in [6, 6.07) is 65.2. The molecule has 8 heteroatoms. The highest BCUT2D eigenvalue weighted by atomic mass is 19.4. The van der Waals surface area contributed by atoms with E-state index < -0.39 is 11.7 Å². The quantitative estimate of drug-likeness (QED) is 0.150. The van der Waals surface area contributed by atoms with Crippen molar-refractivity contribution in [3.8, 4) is 67.3 Å². The Morgan fingerprint density at radius 1 is 0.368 bits per heavy atom. The molecule has 0 N–H and O–H groups in total. The van der Waals surface area contributed by atoms with Gasteiger partial charge in [-0.2, -0.15) is 13.2 Å². The van der Waals surface area contributed by atoms with Crippen molar-refractivity contribution in [2.24, 2.45) is 0 Å². The Kier molecular flexibility index (Phi) is 9.59. The third-order valence-electron chi connectivity index (χ3n) is 12.8. The molecule has 12 rings (SSSR count). The number of nitrogens with zero attached hydrogens (tertiary/aromatic N) is 5. The zero-order chi connectivity index (χ0) is 45.9. The maximum atomic E-state index is 16.5. The SMILES string of the molecule is [C-]#[N+]c1cccc(-c2cc(-n3c4ccccc4c4cc(-c5ccc(-c6ccccc6)nc5)ccc43)c(C(F)(F)F)c(-n3c4ccccc4c4cc(-c5ccc(-c6ccccc6)nc5)ccc43)c2)c1. The third-order valence-corrected chi connectivity index (χ3v) is 12.8. The van der Waals surface area contributed by atoms with Gasteiger partial charge in [0.05, 0.1) is 51.4 Å². The molecule has 0 spiro atoms. The summed E-state index contributed by atoms with van der Waals surface area (Å²) in [6.45, 7) is 7.81. The van der Waals surface area contributed by atoms with E-state index in [1.807, 2.05) is 188 Å². The van der Waals surface area contributed by atoms with Gasteiger partial charge in [-0.1, -0.05) is 140 Å². The van der Waals surface area contributed by atoms with Crippen LogP contribution in [0, 0.1) is 6.57 Å². The van der Waals surface area contributed by atoms with E-state index in [2.05, 4.69) is 4.85 Å². The van der Waals surface area contributed by atoms with Gasteiger partial charge >= 0.3 is 6.18 Å². The number of fused-ring (bicyclic) bond motifs is 6. The van der Waals surface area contributed by atoms with Crippen LogP contribution in [0.1, 0.15) is 5.56 Å². The van der Waals surface area contributed by atoms with E-state index in [9.17, 15) is 0 Å². The Labute approximate surface area is 389 Å². The molecular weight excluding hydrogens is 848 g/mol. The maximum Gasteiger partial charge on any atom is 0.420 e. The van der Waals surface area contributed by atoms with Crippen molar-refractivity contribution in [2.75, 3.05) is 0 Å². The summed E-state index contributed by atoms with van der Waals surface area (Å²) in [5.41, 5.74) is 10.4. The van der Waals surface area contributed by atoms with Crippen LogP contribution < -0.4 is 0 Å². The monoisotopic (exact) mass is 883 g/mol. The molecule has 5 nitrogen and oxygen atoms in total. The van der Waals surface area contributed by atoms with Gasteiger partial charge in [0, 0.05) is 56.2 Å². The van der Waals surface area contributed by atoms with Crippen LogP contribution in [0.3, 0.4) is 0 Å². The number of aromatic nitrogens is 4. The second-order valence-electron chi connectivity index (χ2n) is 16.8. The lowest BCUT2D eigenvalue weighted by atomic mass is 9.98. The number of halogens is 3. The van der Waals surface area contributed by atoms with Crippen molar-refractivity contribution in [1.29, 1.82) is 0 Å². The summed E-state index contributed by atoms with van der Waals surface area (Å²) < 4.78 is 53.1. The molecule has 0 atom stereocenters. The Morgan fingerprint density at radius 2 is 0.794 bits per heavy atom. The van der Waals surface area contributed by atoms with Crippen LogP contribution in [0.15, 0.2) is 219 Å². The van der Waals surface area contributed by atoms with Crippen molar-refractivity contribution >= 4 is 49.3 Å². The topological polar surface area (TPSA) is 40.0 Å². The molecule has 322 valence electrons. The van der Waals surface area contributed by atoms with Crippen molar-refractivity contribution in [2.45, 2.75) is 6.18 Å². The molecule has 0 aliphatic heterocycles. The molecule has 68 heavy (non-hydrogen) atoms. The second-order valence-corrected chi connectivity index (χ2v) is 16.8. The first kappa shape index (κ1) is 40.4. The zero-order valence-electron chi connectivity index (χ0n) is 36.2. The van der Waals surface area contributed by atoms with Crippen LogP contribution in [-0.4, -0.2) is 19.1 Å². The number of hydrogen-bond donors (Lipinski definition) is 0. The average Bonchev–Trinajstić information content (AvgIpc) is 3.91. The highest BCUT2D eigenvalue weighted by Crippen LogP contribution is 2.47. The number of rotatable bonds is 7. The van der Waals surface area contributed by atoms with Gasteiger partial charge in [0.15, 0.2) is 5.69 Å². The Hall–Kier alpha value is -9.06. The van der Waals surface area contributed by atoms with E-state index in [0.717, 1.165) is 66.3 Å². The van der Waals surface area contributed by atoms with Gasteiger partial charge in [0.1, 0.15) is 5.56 Å². The summed E-state index contributed by atoms with van der Waals surface area (Å²) in [5.74, 6) is 0. The molecule has 0 bridgehead atoms. The summed E-state index contributed by atoms with van der Waals surface area (Å²) in [5, 5.41) is 3.22. The summed E-state index contributed by atoms with van der Waals surface area (Å²) >= 11 is 0. The first-order chi connectivity index (χ1) is 33.3. The van der Waals surface area contributed by atoms with Crippen molar-refractivity contribution in [3.05, 3.63) is 236 Å². The maximum absolute atomic E-state index is 16.5. The van der Waals surface area contributed by atoms with Gasteiger partial charge in [-0.15, -0.1) is 0 Å². The number of hydrogen-bond acceptors (Lipinski definition) is 2. The lowest BCUT2D eigenvalue weighted by Crippen LogP contribution is -2.16. The van der Waals surface area contributed by atoms with E-state index >= 15 is 13.2 Å². The predicted octanol–water partition coefficient (Wildman–Crippen LogP) is 16.6. The molecule has 8 aromatic carbocycles. The fourth-order valence-corrected chi connectivity index (χ4v) is 9.69. The van der Waals surface area contributed by atoms with Gasteiger partial charge < -0.3 is 9.13 Å². The first-order valence-corrected chi connectivity index (χ1v) is 22.1. The molecule has 4 heterocycles. The Morgan fingerprint density at radius 3 is 1.25 bits per heavy atom. The van der Waals surface area contributed by atoms with Crippen molar-refractivity contribution in [3.63, 3.8) is 0 Å². The molecule has 0 saturated heterocycles. The normalized spacial score (nSPS) is 11.7. The molecule has 4 aromatic heterocycles. The van der Waals surface area contributed by atoms with E-state index in [1.54, 1.807) is 39.5 Å². The van der Waals surface area contributed by atoms with Crippen LogP contribution in [0.25, 0.3) is 116 Å². The lowest BCUT2D eigenvalue weighted by molar-refractivity contribution is -0.137. The van der Waals surface area contributed by atoms with Gasteiger partial charge in [-0.25, -0.2) is 4.85 Å². The predicted molar refractivity (Wildman–Crippen MR) is 269 cm³/mol. The van der Waals surface area contributed by atoms with Gasteiger partial charge in [0.2, 0.25) is 0 Å². The minimum absolute atomic E-state index is 0.0295. The van der Waals surface area contributed by atoms with Gasteiger partial charge in [-0.05, 0) is 89.0 Å². The molecule has 0 saturated carbocycles. The van der Waals surface area contributed by atoms with Gasteiger partial charge in [0.25, 0.3) is 0 Å². The van der Waals surface area contributed by atoms with Crippen LogP contribution >= 0.6 is 0 Å². The lowest BCUT2D eigenvalue weighted by Gasteiger charge is -2.23. The zero-order valence-corrected chi connectivity index (χ0v) is 36.2. The van der Waals surface area contributed by atoms with E-state index in [4.69, 9.17) is 16.5 Å². The average molecular weight is 884 g/mol. The van der Waals surface area contributed by atoms with Crippen LogP contribution in [0.2, 0.25) is 0 Å². The summed E-state index contributed by atoms with van der Waals surface area (Å²) in [4.78, 5) is 13.2.